The summed E-state index contributed by atoms with van der Waals surface area (Å²) < 4.78 is 13.3. The van der Waals surface area contributed by atoms with Gasteiger partial charge in [0.05, 0.1) is 5.02 Å². The van der Waals surface area contributed by atoms with Crippen molar-refractivity contribution in [1.29, 1.82) is 0 Å². The Kier molecular flexibility index (Phi) is 4.73. The van der Waals surface area contributed by atoms with E-state index in [1.807, 2.05) is 12.1 Å². The maximum Gasteiger partial charge on any atom is 0.274 e. The Balaban J connectivity index is 1.59. The van der Waals surface area contributed by atoms with Crippen LogP contribution in [0.15, 0.2) is 54.9 Å². The summed E-state index contributed by atoms with van der Waals surface area (Å²) in [6.07, 6.45) is 3.41. The highest BCUT2D eigenvalue weighted by atomic mass is 35.5. The molecule has 0 bridgehead atoms. The van der Waals surface area contributed by atoms with Gasteiger partial charge in [-0.25, -0.2) is 14.4 Å². The quantitative estimate of drug-likeness (QED) is 0.718. The number of carbonyl (C=O) groups excluding carboxylic acids is 1. The van der Waals surface area contributed by atoms with Crippen molar-refractivity contribution in [2.75, 3.05) is 16.8 Å². The smallest absolute Gasteiger partial charge is 0.274 e. The molecule has 1 aliphatic heterocycles. The first kappa shape index (κ1) is 17.4. The van der Waals surface area contributed by atoms with Gasteiger partial charge in [-0.1, -0.05) is 29.8 Å². The van der Waals surface area contributed by atoms with Gasteiger partial charge in [0.2, 0.25) is 0 Å². The zero-order chi connectivity index (χ0) is 18.8. The lowest BCUT2D eigenvalue weighted by Crippen LogP contribution is -2.26. The van der Waals surface area contributed by atoms with Crippen molar-refractivity contribution in [2.24, 2.45) is 0 Å². The number of amides is 1. The van der Waals surface area contributed by atoms with Crippen molar-refractivity contribution in [3.63, 3.8) is 0 Å². The predicted octanol–water partition coefficient (Wildman–Crippen LogP) is 4.61. The number of benzene rings is 2. The third-order valence-corrected chi connectivity index (χ3v) is 4.74. The first-order chi connectivity index (χ1) is 13.1. The Labute approximate surface area is 160 Å². The van der Waals surface area contributed by atoms with Gasteiger partial charge in [0.15, 0.2) is 0 Å². The second-order valence-electron chi connectivity index (χ2n) is 6.23. The molecule has 0 saturated heterocycles. The minimum absolute atomic E-state index is 0.0545. The highest BCUT2D eigenvalue weighted by Gasteiger charge is 2.20. The number of fused-ring (bicyclic) bond motifs is 1. The molecule has 0 fully saturated rings. The van der Waals surface area contributed by atoms with Crippen molar-refractivity contribution in [3.05, 3.63) is 77.0 Å². The summed E-state index contributed by atoms with van der Waals surface area (Å²) in [4.78, 5) is 23.0. The molecule has 0 aliphatic carbocycles. The van der Waals surface area contributed by atoms with E-state index in [0.29, 0.717) is 11.5 Å². The highest BCUT2D eigenvalue weighted by Crippen LogP contribution is 2.32. The number of nitrogens with one attached hydrogen (secondary N) is 1. The molecule has 1 N–H and O–H groups in total. The molecule has 3 aromatic rings. The lowest BCUT2D eigenvalue weighted by atomic mass is 10.0. The number of carbonyl (C=O) groups is 1. The number of rotatable bonds is 3. The zero-order valence-electron chi connectivity index (χ0n) is 14.3. The summed E-state index contributed by atoms with van der Waals surface area (Å²) >= 11 is 5.76. The highest BCUT2D eigenvalue weighted by molar-refractivity contribution is 6.31. The third-order valence-electron chi connectivity index (χ3n) is 4.45. The minimum Gasteiger partial charge on any atom is -0.326 e. The number of para-hydroxylation sites is 1. The van der Waals surface area contributed by atoms with Crippen LogP contribution in [0.4, 0.5) is 21.6 Å². The Bertz CT molecular complexity index is 1010. The number of aryl methyl sites for hydroxylation is 1. The second kappa shape index (κ2) is 7.32. The molecular weight excluding hydrogens is 367 g/mol. The van der Waals surface area contributed by atoms with Crippen molar-refractivity contribution in [2.45, 2.75) is 12.8 Å². The fourth-order valence-corrected chi connectivity index (χ4v) is 3.34. The third kappa shape index (κ3) is 3.61. The summed E-state index contributed by atoms with van der Waals surface area (Å²) in [7, 11) is 0. The number of halogens is 2. The van der Waals surface area contributed by atoms with Crippen LogP contribution in [-0.4, -0.2) is 22.4 Å². The van der Waals surface area contributed by atoms with E-state index in [1.54, 1.807) is 6.07 Å². The van der Waals surface area contributed by atoms with E-state index in [1.165, 1.54) is 30.1 Å². The lowest BCUT2D eigenvalue weighted by molar-refractivity contribution is 0.102. The molecule has 27 heavy (non-hydrogen) atoms. The van der Waals surface area contributed by atoms with Crippen molar-refractivity contribution in [1.82, 2.24) is 9.97 Å². The van der Waals surface area contributed by atoms with E-state index in [9.17, 15) is 9.18 Å². The summed E-state index contributed by atoms with van der Waals surface area (Å²) in [5, 5.41) is 2.62. The number of aromatic nitrogens is 2. The topological polar surface area (TPSA) is 58.1 Å². The van der Waals surface area contributed by atoms with Crippen molar-refractivity contribution >= 4 is 34.7 Å². The Morgan fingerprint density at radius 1 is 1.15 bits per heavy atom. The fraction of sp³-hybridized carbons (Fsp3) is 0.150. The lowest BCUT2D eigenvalue weighted by Gasteiger charge is -2.30. The number of anilines is 3. The van der Waals surface area contributed by atoms with Gasteiger partial charge in [-0.15, -0.1) is 0 Å². The van der Waals surface area contributed by atoms with Gasteiger partial charge in [0.25, 0.3) is 5.91 Å². The first-order valence-electron chi connectivity index (χ1n) is 8.56. The summed E-state index contributed by atoms with van der Waals surface area (Å²) in [6.45, 7) is 0.822. The zero-order valence-corrected chi connectivity index (χ0v) is 15.1. The Morgan fingerprint density at radius 2 is 2.00 bits per heavy atom. The van der Waals surface area contributed by atoms with Crippen LogP contribution >= 0.6 is 11.6 Å². The number of hydrogen-bond acceptors (Lipinski definition) is 4. The maximum atomic E-state index is 13.3. The van der Waals surface area contributed by atoms with Gasteiger partial charge in [-0.2, -0.15) is 0 Å². The molecule has 7 heteroatoms. The molecular formula is C20H16ClFN4O. The van der Waals surface area contributed by atoms with Crippen LogP contribution < -0.4 is 10.2 Å². The van der Waals surface area contributed by atoms with E-state index in [-0.39, 0.29) is 10.7 Å². The maximum absolute atomic E-state index is 13.3. The predicted molar refractivity (Wildman–Crippen MR) is 103 cm³/mol. The average molecular weight is 383 g/mol. The largest absolute Gasteiger partial charge is 0.326 e. The molecule has 4 rings (SSSR count). The van der Waals surface area contributed by atoms with Crippen molar-refractivity contribution in [3.8, 4) is 0 Å². The van der Waals surface area contributed by atoms with E-state index in [4.69, 9.17) is 11.6 Å². The molecule has 2 aromatic carbocycles. The number of nitrogens with zero attached hydrogens (tertiary/aromatic N) is 3. The monoisotopic (exact) mass is 382 g/mol. The van der Waals surface area contributed by atoms with Gasteiger partial charge in [-0.05, 0) is 42.7 Å². The molecule has 5 nitrogen and oxygen atoms in total. The minimum atomic E-state index is -0.539. The van der Waals surface area contributed by atoms with Gasteiger partial charge in [-0.3, -0.25) is 4.79 Å². The van der Waals surface area contributed by atoms with Crippen LogP contribution in [0.3, 0.4) is 0 Å². The van der Waals surface area contributed by atoms with Crippen LogP contribution in [0, 0.1) is 5.82 Å². The Morgan fingerprint density at radius 3 is 2.85 bits per heavy atom. The SMILES string of the molecule is O=C(Nc1ccc(F)c(Cl)c1)c1cc(N2CCCc3ccccc32)ncn1. The molecule has 0 radical (unpaired) electrons. The molecule has 136 valence electrons. The van der Waals surface area contributed by atoms with Crippen LogP contribution in [0.25, 0.3) is 0 Å². The molecule has 1 aromatic heterocycles. The fourth-order valence-electron chi connectivity index (χ4n) is 3.16. The van der Waals surface area contributed by atoms with Crippen molar-refractivity contribution < 1.29 is 9.18 Å². The molecule has 2 heterocycles. The standard InChI is InChI=1S/C20H16ClFN4O/c21-15-10-14(7-8-16(15)22)25-20(27)17-11-19(24-12-23-17)26-9-3-5-13-4-1-2-6-18(13)26/h1-2,4,6-8,10-12H,3,5,9H2,(H,25,27). The van der Waals surface area contributed by atoms with Crippen LogP contribution in [0.5, 0.6) is 0 Å². The number of hydrogen-bond donors (Lipinski definition) is 1. The molecule has 0 unspecified atom stereocenters. The molecule has 0 atom stereocenters. The normalized spacial score (nSPS) is 13.2. The first-order valence-corrected chi connectivity index (χ1v) is 8.93. The Hall–Kier alpha value is -2.99. The van der Waals surface area contributed by atoms with Gasteiger partial charge < -0.3 is 10.2 Å². The van der Waals surface area contributed by atoms with Gasteiger partial charge in [0.1, 0.15) is 23.7 Å². The second-order valence-corrected chi connectivity index (χ2v) is 6.64. The van der Waals surface area contributed by atoms with Crippen LogP contribution in [0.2, 0.25) is 5.02 Å². The van der Waals surface area contributed by atoms with E-state index in [2.05, 4.69) is 32.3 Å². The summed E-state index contributed by atoms with van der Waals surface area (Å²) in [5.74, 6) is -0.284. The summed E-state index contributed by atoms with van der Waals surface area (Å²) in [5.41, 5.74) is 2.98. The molecule has 1 amide bonds. The molecule has 0 spiro atoms. The average Bonchev–Trinajstić information content (AvgIpc) is 2.70. The van der Waals surface area contributed by atoms with E-state index < -0.39 is 11.7 Å². The van der Waals surface area contributed by atoms with Crippen LogP contribution in [-0.2, 0) is 6.42 Å². The van der Waals surface area contributed by atoms with E-state index in [0.717, 1.165) is 25.1 Å². The van der Waals surface area contributed by atoms with Gasteiger partial charge in [0, 0.05) is 24.0 Å². The van der Waals surface area contributed by atoms with Gasteiger partial charge >= 0.3 is 0 Å². The summed E-state index contributed by atoms with van der Waals surface area (Å²) in [6, 6.07) is 13.8. The molecule has 1 aliphatic rings. The molecule has 0 saturated carbocycles. The van der Waals surface area contributed by atoms with Crippen LogP contribution in [0.1, 0.15) is 22.5 Å². The van der Waals surface area contributed by atoms with E-state index >= 15 is 0 Å².